The van der Waals surface area contributed by atoms with E-state index in [-0.39, 0.29) is 0 Å². The van der Waals surface area contributed by atoms with Crippen LogP contribution in [0.4, 0.5) is 0 Å². The van der Waals surface area contributed by atoms with Gasteiger partial charge in [-0.25, -0.2) is 0 Å². The van der Waals surface area contributed by atoms with Crippen molar-refractivity contribution in [2.24, 2.45) is 0 Å². The Bertz CT molecular complexity index is 722. The molecule has 0 aliphatic carbocycles. The van der Waals surface area contributed by atoms with Crippen molar-refractivity contribution < 1.29 is 9.47 Å². The molecule has 0 atom stereocenters. The fraction of sp³-hybridized carbons (Fsp3) is 0.278. The summed E-state index contributed by atoms with van der Waals surface area (Å²) in [5.41, 5.74) is 3.55. The Balaban J connectivity index is 1.85. The van der Waals surface area contributed by atoms with Gasteiger partial charge in [-0.1, -0.05) is 18.2 Å². The molecule has 114 valence electrons. The first-order valence-electron chi connectivity index (χ1n) is 7.46. The molecule has 0 saturated heterocycles. The predicted molar refractivity (Wildman–Crippen MR) is 87.5 cm³/mol. The molecule has 2 heterocycles. The molecule has 0 aliphatic rings. The highest BCUT2D eigenvalue weighted by atomic mass is 16.5. The third kappa shape index (κ3) is 3.18. The standard InChI is InChI=1S/C18H20N2O2/c1-21-11-12-22-10-8-15-14-20(16-5-3-2-4-6-16)18-13-19-9-7-17(15)18/h2-7,9,13-14H,8,10-12H2,1H3. The maximum Gasteiger partial charge on any atom is 0.0715 e. The fourth-order valence-electron chi connectivity index (χ4n) is 2.57. The van der Waals surface area contributed by atoms with Crippen LogP contribution < -0.4 is 0 Å². The lowest BCUT2D eigenvalue weighted by Gasteiger charge is -2.03. The summed E-state index contributed by atoms with van der Waals surface area (Å²) in [6.07, 6.45) is 6.82. The third-order valence-electron chi connectivity index (χ3n) is 3.67. The van der Waals surface area contributed by atoms with Gasteiger partial charge in [0.25, 0.3) is 0 Å². The highest BCUT2D eigenvalue weighted by Crippen LogP contribution is 2.24. The average Bonchev–Trinajstić information content (AvgIpc) is 2.95. The second-order valence-electron chi connectivity index (χ2n) is 5.11. The van der Waals surface area contributed by atoms with Crippen molar-refractivity contribution in [1.29, 1.82) is 0 Å². The Labute approximate surface area is 130 Å². The molecule has 0 bridgehead atoms. The molecule has 0 aliphatic heterocycles. The number of nitrogens with zero attached hydrogens (tertiary/aromatic N) is 2. The van der Waals surface area contributed by atoms with Crippen LogP contribution >= 0.6 is 0 Å². The van der Waals surface area contributed by atoms with E-state index < -0.39 is 0 Å². The summed E-state index contributed by atoms with van der Waals surface area (Å²) in [6, 6.07) is 12.4. The number of fused-ring (bicyclic) bond motifs is 1. The predicted octanol–water partition coefficient (Wildman–Crippen LogP) is 3.23. The summed E-state index contributed by atoms with van der Waals surface area (Å²) >= 11 is 0. The molecular formula is C18H20N2O2. The van der Waals surface area contributed by atoms with Crippen LogP contribution in [0.2, 0.25) is 0 Å². The van der Waals surface area contributed by atoms with Gasteiger partial charge in [-0.15, -0.1) is 0 Å². The monoisotopic (exact) mass is 296 g/mol. The van der Waals surface area contributed by atoms with Crippen molar-refractivity contribution in [2.45, 2.75) is 6.42 Å². The molecule has 3 aromatic rings. The van der Waals surface area contributed by atoms with Crippen molar-refractivity contribution >= 4 is 10.9 Å². The maximum absolute atomic E-state index is 5.59. The van der Waals surface area contributed by atoms with Crippen LogP contribution in [0.5, 0.6) is 0 Å². The zero-order valence-electron chi connectivity index (χ0n) is 12.7. The van der Waals surface area contributed by atoms with E-state index >= 15 is 0 Å². The summed E-state index contributed by atoms with van der Waals surface area (Å²) in [5, 5.41) is 1.23. The fourth-order valence-corrected chi connectivity index (χ4v) is 2.57. The number of para-hydroxylation sites is 1. The van der Waals surface area contributed by atoms with E-state index in [1.807, 2.05) is 30.6 Å². The minimum absolute atomic E-state index is 0.634. The van der Waals surface area contributed by atoms with E-state index in [2.05, 4.69) is 33.9 Å². The van der Waals surface area contributed by atoms with Crippen LogP contribution in [0, 0.1) is 0 Å². The number of hydrogen-bond donors (Lipinski definition) is 0. The van der Waals surface area contributed by atoms with E-state index in [0.717, 1.165) is 17.6 Å². The molecule has 0 saturated carbocycles. The largest absolute Gasteiger partial charge is 0.382 e. The van der Waals surface area contributed by atoms with Gasteiger partial charge in [-0.05, 0) is 30.2 Å². The number of benzene rings is 1. The van der Waals surface area contributed by atoms with Crippen LogP contribution in [-0.2, 0) is 15.9 Å². The molecule has 4 heteroatoms. The highest BCUT2D eigenvalue weighted by Gasteiger charge is 2.09. The molecule has 2 aromatic heterocycles. The lowest BCUT2D eigenvalue weighted by Crippen LogP contribution is -2.04. The van der Waals surface area contributed by atoms with Gasteiger partial charge in [0.15, 0.2) is 0 Å². The maximum atomic E-state index is 5.59. The van der Waals surface area contributed by atoms with Crippen molar-refractivity contribution in [3.8, 4) is 5.69 Å². The third-order valence-corrected chi connectivity index (χ3v) is 3.67. The Kier molecular flexibility index (Phi) is 4.83. The van der Waals surface area contributed by atoms with Gasteiger partial charge < -0.3 is 14.0 Å². The molecule has 4 nitrogen and oxygen atoms in total. The molecule has 0 amide bonds. The van der Waals surface area contributed by atoms with Crippen LogP contribution in [0.1, 0.15) is 5.56 Å². The van der Waals surface area contributed by atoms with Gasteiger partial charge in [0.05, 0.1) is 31.5 Å². The zero-order chi connectivity index (χ0) is 15.2. The molecule has 3 rings (SSSR count). The quantitative estimate of drug-likeness (QED) is 0.628. The smallest absolute Gasteiger partial charge is 0.0715 e. The van der Waals surface area contributed by atoms with Crippen LogP contribution in [0.15, 0.2) is 55.0 Å². The SMILES string of the molecule is COCCOCCc1cn(-c2ccccc2)c2cnccc12. The van der Waals surface area contributed by atoms with E-state index in [4.69, 9.17) is 9.47 Å². The summed E-state index contributed by atoms with van der Waals surface area (Å²) < 4.78 is 12.8. The number of ether oxygens (including phenoxy) is 2. The molecule has 22 heavy (non-hydrogen) atoms. The minimum Gasteiger partial charge on any atom is -0.382 e. The topological polar surface area (TPSA) is 36.3 Å². The van der Waals surface area contributed by atoms with E-state index in [1.54, 1.807) is 7.11 Å². The molecule has 0 unspecified atom stereocenters. The first-order chi connectivity index (χ1) is 10.9. The lowest BCUT2D eigenvalue weighted by molar-refractivity contribution is 0.0723. The van der Waals surface area contributed by atoms with Crippen molar-refractivity contribution in [2.75, 3.05) is 26.9 Å². The summed E-state index contributed by atoms with van der Waals surface area (Å²) in [4.78, 5) is 4.26. The Morgan fingerprint density at radius 1 is 1.05 bits per heavy atom. The Morgan fingerprint density at radius 3 is 2.73 bits per heavy atom. The average molecular weight is 296 g/mol. The summed E-state index contributed by atoms with van der Waals surface area (Å²) in [7, 11) is 1.68. The molecule has 1 aromatic carbocycles. The van der Waals surface area contributed by atoms with Gasteiger partial charge in [0.2, 0.25) is 0 Å². The first-order valence-corrected chi connectivity index (χ1v) is 7.46. The number of hydrogen-bond acceptors (Lipinski definition) is 3. The number of aromatic nitrogens is 2. The zero-order valence-corrected chi connectivity index (χ0v) is 12.7. The van der Waals surface area contributed by atoms with Crippen LogP contribution in [0.25, 0.3) is 16.6 Å². The number of methoxy groups -OCH3 is 1. The summed E-state index contributed by atoms with van der Waals surface area (Å²) in [6.45, 7) is 1.96. The van der Waals surface area contributed by atoms with Gasteiger partial charge in [-0.2, -0.15) is 0 Å². The number of pyridine rings is 1. The lowest BCUT2D eigenvalue weighted by atomic mass is 10.1. The normalized spacial score (nSPS) is 11.1. The van der Waals surface area contributed by atoms with Gasteiger partial charge in [-0.3, -0.25) is 4.98 Å². The van der Waals surface area contributed by atoms with Crippen LogP contribution in [-0.4, -0.2) is 36.5 Å². The van der Waals surface area contributed by atoms with E-state index in [0.29, 0.717) is 19.8 Å². The van der Waals surface area contributed by atoms with Crippen molar-refractivity contribution in [3.63, 3.8) is 0 Å². The Morgan fingerprint density at radius 2 is 1.91 bits per heavy atom. The van der Waals surface area contributed by atoms with Crippen molar-refractivity contribution in [1.82, 2.24) is 9.55 Å². The van der Waals surface area contributed by atoms with Gasteiger partial charge in [0.1, 0.15) is 0 Å². The molecular weight excluding hydrogens is 276 g/mol. The first kappa shape index (κ1) is 14.8. The van der Waals surface area contributed by atoms with Crippen LogP contribution in [0.3, 0.4) is 0 Å². The minimum atomic E-state index is 0.634. The Hall–Kier alpha value is -2.17. The second-order valence-corrected chi connectivity index (χ2v) is 5.11. The van der Waals surface area contributed by atoms with Crippen molar-refractivity contribution in [3.05, 3.63) is 60.6 Å². The second kappa shape index (κ2) is 7.20. The molecule has 0 radical (unpaired) electrons. The number of rotatable bonds is 7. The summed E-state index contributed by atoms with van der Waals surface area (Å²) in [5.74, 6) is 0. The molecule has 0 spiro atoms. The molecule has 0 fully saturated rings. The molecule has 0 N–H and O–H groups in total. The van der Waals surface area contributed by atoms with E-state index in [9.17, 15) is 0 Å². The van der Waals surface area contributed by atoms with Gasteiger partial charge >= 0.3 is 0 Å². The van der Waals surface area contributed by atoms with E-state index in [1.165, 1.54) is 10.9 Å². The highest BCUT2D eigenvalue weighted by molar-refractivity contribution is 5.84. The van der Waals surface area contributed by atoms with Gasteiger partial charge in [0, 0.05) is 30.6 Å².